The Bertz CT molecular complexity index is 730. The van der Waals surface area contributed by atoms with Gasteiger partial charge in [0.25, 0.3) is 0 Å². The molecule has 1 heterocycles. The van der Waals surface area contributed by atoms with Crippen LogP contribution < -0.4 is 10.1 Å². The number of thioether (sulfide) groups is 1. The second-order valence-electron chi connectivity index (χ2n) is 6.47. The van der Waals surface area contributed by atoms with E-state index in [4.69, 9.17) is 16.3 Å². The molecule has 24 heavy (non-hydrogen) atoms. The topological polar surface area (TPSA) is 38.3 Å². The van der Waals surface area contributed by atoms with Gasteiger partial charge in [0, 0.05) is 21.9 Å². The highest BCUT2D eigenvalue weighted by molar-refractivity contribution is 8.00. The molecular formula is C19H20ClNO2S. The quantitative estimate of drug-likeness (QED) is 0.791. The number of benzene rings is 2. The van der Waals surface area contributed by atoms with Crippen LogP contribution in [0.5, 0.6) is 5.75 Å². The highest BCUT2D eigenvalue weighted by Gasteiger charge is 2.34. The van der Waals surface area contributed by atoms with E-state index in [-0.39, 0.29) is 17.6 Å². The van der Waals surface area contributed by atoms with Crippen LogP contribution in [0, 0.1) is 0 Å². The number of rotatable bonds is 4. The van der Waals surface area contributed by atoms with Crippen molar-refractivity contribution in [2.75, 3.05) is 5.75 Å². The SMILES string of the molecule is CC1(C)C[C@@H](NC(=O)CSc2ccc(Cl)cc2)c2ccccc2O1. The number of hydrogen-bond acceptors (Lipinski definition) is 3. The van der Waals surface area contributed by atoms with Crippen LogP contribution in [0.3, 0.4) is 0 Å². The minimum Gasteiger partial charge on any atom is -0.487 e. The van der Waals surface area contributed by atoms with Gasteiger partial charge in [0.2, 0.25) is 5.91 Å². The van der Waals surface area contributed by atoms with Crippen LogP contribution in [0.15, 0.2) is 53.4 Å². The van der Waals surface area contributed by atoms with Crippen LogP contribution in [-0.4, -0.2) is 17.3 Å². The Labute approximate surface area is 151 Å². The van der Waals surface area contributed by atoms with Crippen molar-refractivity contribution in [2.45, 2.75) is 36.8 Å². The van der Waals surface area contributed by atoms with Gasteiger partial charge in [-0.2, -0.15) is 0 Å². The summed E-state index contributed by atoms with van der Waals surface area (Å²) in [5.74, 6) is 1.25. The molecule has 3 nitrogen and oxygen atoms in total. The summed E-state index contributed by atoms with van der Waals surface area (Å²) in [5, 5.41) is 3.85. The summed E-state index contributed by atoms with van der Waals surface area (Å²) in [7, 11) is 0. The Morgan fingerprint density at radius 3 is 2.71 bits per heavy atom. The van der Waals surface area contributed by atoms with Gasteiger partial charge >= 0.3 is 0 Å². The maximum absolute atomic E-state index is 12.4. The number of hydrogen-bond donors (Lipinski definition) is 1. The zero-order chi connectivity index (χ0) is 17.2. The number of carbonyl (C=O) groups excluding carboxylic acids is 1. The fraction of sp³-hybridized carbons (Fsp3) is 0.316. The molecule has 0 aromatic heterocycles. The molecule has 0 aliphatic carbocycles. The molecular weight excluding hydrogens is 342 g/mol. The lowest BCUT2D eigenvalue weighted by Crippen LogP contribution is -2.41. The van der Waals surface area contributed by atoms with E-state index < -0.39 is 0 Å². The maximum Gasteiger partial charge on any atom is 0.230 e. The van der Waals surface area contributed by atoms with Crippen molar-refractivity contribution in [3.63, 3.8) is 0 Å². The van der Waals surface area contributed by atoms with Crippen molar-refractivity contribution in [3.8, 4) is 5.75 Å². The Morgan fingerprint density at radius 1 is 1.25 bits per heavy atom. The predicted octanol–water partition coefficient (Wildman–Crippen LogP) is 4.85. The number of halogens is 1. The number of ether oxygens (including phenoxy) is 1. The van der Waals surface area contributed by atoms with Gasteiger partial charge in [-0.3, -0.25) is 4.79 Å². The molecule has 126 valence electrons. The second-order valence-corrected chi connectivity index (χ2v) is 7.95. The summed E-state index contributed by atoms with van der Waals surface area (Å²) < 4.78 is 6.00. The van der Waals surface area contributed by atoms with E-state index in [0.29, 0.717) is 10.8 Å². The molecule has 1 N–H and O–H groups in total. The van der Waals surface area contributed by atoms with Gasteiger partial charge in [-0.1, -0.05) is 29.8 Å². The molecule has 1 aliphatic heterocycles. The first-order chi connectivity index (χ1) is 11.4. The fourth-order valence-corrected chi connectivity index (χ4v) is 3.68. The van der Waals surface area contributed by atoms with Gasteiger partial charge in [0.05, 0.1) is 11.8 Å². The third kappa shape index (κ3) is 4.25. The van der Waals surface area contributed by atoms with E-state index in [1.54, 1.807) is 0 Å². The first kappa shape index (κ1) is 17.2. The van der Waals surface area contributed by atoms with E-state index in [1.165, 1.54) is 11.8 Å². The second kappa shape index (κ2) is 7.08. The summed E-state index contributed by atoms with van der Waals surface area (Å²) in [6, 6.07) is 15.4. The zero-order valence-corrected chi connectivity index (χ0v) is 15.3. The molecule has 3 rings (SSSR count). The highest BCUT2D eigenvalue weighted by Crippen LogP contribution is 2.39. The van der Waals surface area contributed by atoms with Crippen LogP contribution in [0.25, 0.3) is 0 Å². The van der Waals surface area contributed by atoms with E-state index in [1.807, 2.05) is 62.4 Å². The highest BCUT2D eigenvalue weighted by atomic mass is 35.5. The van der Waals surface area contributed by atoms with Crippen molar-refractivity contribution in [3.05, 3.63) is 59.1 Å². The van der Waals surface area contributed by atoms with Crippen LogP contribution in [-0.2, 0) is 4.79 Å². The third-order valence-electron chi connectivity index (χ3n) is 3.90. The fourth-order valence-electron chi connectivity index (χ4n) is 2.85. The molecule has 5 heteroatoms. The van der Waals surface area contributed by atoms with Crippen LogP contribution in [0.4, 0.5) is 0 Å². The first-order valence-corrected chi connectivity index (χ1v) is 9.25. The molecule has 1 amide bonds. The third-order valence-corrected chi connectivity index (χ3v) is 5.16. The number of fused-ring (bicyclic) bond motifs is 1. The minimum absolute atomic E-state index is 0.0208. The van der Waals surface area contributed by atoms with Gasteiger partial charge in [-0.05, 0) is 44.2 Å². The van der Waals surface area contributed by atoms with E-state index >= 15 is 0 Å². The van der Waals surface area contributed by atoms with Crippen LogP contribution in [0.1, 0.15) is 31.9 Å². The molecule has 0 bridgehead atoms. The van der Waals surface area contributed by atoms with E-state index in [0.717, 1.165) is 22.6 Å². The lowest BCUT2D eigenvalue weighted by atomic mass is 9.90. The maximum atomic E-state index is 12.4. The number of nitrogens with one attached hydrogen (secondary N) is 1. The summed E-state index contributed by atoms with van der Waals surface area (Å²) in [4.78, 5) is 13.4. The van der Waals surface area contributed by atoms with E-state index in [9.17, 15) is 4.79 Å². The normalized spacial score (nSPS) is 18.4. The van der Waals surface area contributed by atoms with Crippen molar-refractivity contribution < 1.29 is 9.53 Å². The molecule has 0 fully saturated rings. The lowest BCUT2D eigenvalue weighted by molar-refractivity contribution is -0.119. The molecule has 2 aromatic carbocycles. The average molecular weight is 362 g/mol. The molecule has 0 saturated heterocycles. The Morgan fingerprint density at radius 2 is 1.96 bits per heavy atom. The first-order valence-electron chi connectivity index (χ1n) is 7.89. The standard InChI is InChI=1S/C19H20ClNO2S/c1-19(2)11-16(15-5-3-4-6-17(15)23-19)21-18(22)12-24-14-9-7-13(20)8-10-14/h3-10,16H,11-12H2,1-2H3,(H,21,22)/t16-/m1/s1. The molecule has 0 unspecified atom stereocenters. The van der Waals surface area contributed by atoms with E-state index in [2.05, 4.69) is 5.32 Å². The Balaban J connectivity index is 1.64. The molecule has 2 aromatic rings. The summed E-state index contributed by atoms with van der Waals surface area (Å²) in [5.41, 5.74) is 0.747. The molecule has 0 spiro atoms. The predicted molar refractivity (Wildman–Crippen MR) is 98.8 cm³/mol. The number of carbonyl (C=O) groups is 1. The van der Waals surface area contributed by atoms with Crippen LogP contribution in [0.2, 0.25) is 5.02 Å². The van der Waals surface area contributed by atoms with Gasteiger partial charge in [0.1, 0.15) is 11.4 Å². The largest absolute Gasteiger partial charge is 0.487 e. The monoisotopic (exact) mass is 361 g/mol. The van der Waals surface area contributed by atoms with Gasteiger partial charge < -0.3 is 10.1 Å². The molecule has 0 radical (unpaired) electrons. The van der Waals surface area contributed by atoms with Gasteiger partial charge in [-0.15, -0.1) is 11.8 Å². The van der Waals surface area contributed by atoms with Crippen molar-refractivity contribution in [1.82, 2.24) is 5.32 Å². The smallest absolute Gasteiger partial charge is 0.230 e. The van der Waals surface area contributed by atoms with Gasteiger partial charge in [-0.25, -0.2) is 0 Å². The molecule has 0 saturated carbocycles. The molecule has 1 atom stereocenters. The summed E-state index contributed by atoms with van der Waals surface area (Å²) in [6.07, 6.45) is 0.751. The van der Waals surface area contributed by atoms with Crippen LogP contribution >= 0.6 is 23.4 Å². The Kier molecular flexibility index (Phi) is 5.07. The number of para-hydroxylation sites is 1. The molecule has 1 aliphatic rings. The average Bonchev–Trinajstić information content (AvgIpc) is 2.53. The van der Waals surface area contributed by atoms with Gasteiger partial charge in [0.15, 0.2) is 0 Å². The Hall–Kier alpha value is -1.65. The summed E-state index contributed by atoms with van der Waals surface area (Å²) in [6.45, 7) is 4.09. The zero-order valence-electron chi connectivity index (χ0n) is 13.7. The number of amides is 1. The van der Waals surface area contributed by atoms with Crippen molar-refractivity contribution in [2.24, 2.45) is 0 Å². The lowest BCUT2D eigenvalue weighted by Gasteiger charge is -2.37. The van der Waals surface area contributed by atoms with Crippen molar-refractivity contribution in [1.29, 1.82) is 0 Å². The van der Waals surface area contributed by atoms with Crippen molar-refractivity contribution >= 4 is 29.3 Å². The summed E-state index contributed by atoms with van der Waals surface area (Å²) >= 11 is 7.38. The minimum atomic E-state index is -0.296.